The molecule has 0 aliphatic rings. The van der Waals surface area contributed by atoms with E-state index in [2.05, 4.69) is 15.5 Å². The summed E-state index contributed by atoms with van der Waals surface area (Å²) >= 11 is 13.1. The van der Waals surface area contributed by atoms with Crippen molar-refractivity contribution in [1.82, 2.24) is 4.98 Å². The summed E-state index contributed by atoms with van der Waals surface area (Å²) < 4.78 is 4.73. The fourth-order valence-electron chi connectivity index (χ4n) is 1.65. The van der Waals surface area contributed by atoms with Crippen LogP contribution in [0.4, 0.5) is 5.13 Å². The van der Waals surface area contributed by atoms with Crippen LogP contribution in [0.25, 0.3) is 0 Å². The highest BCUT2D eigenvalue weighted by atomic mass is 35.5. The lowest BCUT2D eigenvalue weighted by Gasteiger charge is -1.98. The number of aromatic nitrogens is 1. The topological polar surface area (TPSA) is 63.6 Å². The average Bonchev–Trinajstić information content (AvgIpc) is 2.92. The number of benzene rings is 1. The molecule has 0 bridgehead atoms. The lowest BCUT2D eigenvalue weighted by molar-refractivity contribution is 0.0605. The highest BCUT2D eigenvalue weighted by Crippen LogP contribution is 2.24. The van der Waals surface area contributed by atoms with Crippen LogP contribution in [0.15, 0.2) is 23.3 Å². The molecule has 1 aromatic carbocycles. The second kappa shape index (κ2) is 7.58. The number of hydrogen-bond acceptors (Lipinski definition) is 6. The Morgan fingerprint density at radius 2 is 2.27 bits per heavy atom. The number of thiazole rings is 1. The molecule has 5 nitrogen and oxygen atoms in total. The van der Waals surface area contributed by atoms with Crippen molar-refractivity contribution in [2.75, 3.05) is 12.5 Å². The molecule has 0 fully saturated rings. The number of nitrogens with zero attached hydrogens (tertiary/aromatic N) is 2. The van der Waals surface area contributed by atoms with Crippen LogP contribution in [-0.4, -0.2) is 24.3 Å². The van der Waals surface area contributed by atoms with Crippen LogP contribution in [0.1, 0.15) is 27.9 Å². The number of ether oxygens (including phenoxy) is 1. The first-order valence-corrected chi connectivity index (χ1v) is 7.94. The number of aryl methyl sites for hydroxylation is 1. The molecular formula is C14H13Cl2N3O2S. The van der Waals surface area contributed by atoms with E-state index in [9.17, 15) is 4.79 Å². The summed E-state index contributed by atoms with van der Waals surface area (Å²) in [5, 5.41) is 5.64. The number of halogens is 2. The average molecular weight is 358 g/mol. The molecule has 2 rings (SSSR count). The van der Waals surface area contributed by atoms with Crippen molar-refractivity contribution in [2.24, 2.45) is 5.10 Å². The molecule has 0 saturated carbocycles. The van der Waals surface area contributed by atoms with Crippen molar-refractivity contribution in [3.8, 4) is 0 Å². The van der Waals surface area contributed by atoms with E-state index >= 15 is 0 Å². The zero-order valence-electron chi connectivity index (χ0n) is 11.9. The van der Waals surface area contributed by atoms with E-state index in [-0.39, 0.29) is 0 Å². The number of hydrogen-bond donors (Lipinski definition) is 1. The molecule has 22 heavy (non-hydrogen) atoms. The van der Waals surface area contributed by atoms with E-state index in [0.29, 0.717) is 32.2 Å². The molecule has 0 spiro atoms. The minimum Gasteiger partial charge on any atom is -0.465 e. The molecule has 8 heteroatoms. The monoisotopic (exact) mass is 357 g/mol. The molecule has 0 aliphatic heterocycles. The predicted octanol–water partition coefficient (Wildman–Crippen LogP) is 4.24. The van der Waals surface area contributed by atoms with Crippen molar-refractivity contribution < 1.29 is 9.53 Å². The molecule has 0 atom stereocenters. The molecular weight excluding hydrogens is 345 g/mol. The third-order valence-corrected chi connectivity index (χ3v) is 4.27. The van der Waals surface area contributed by atoms with Gasteiger partial charge in [-0.05, 0) is 18.6 Å². The maximum absolute atomic E-state index is 11.6. The lowest BCUT2D eigenvalue weighted by atomic mass is 10.2. The van der Waals surface area contributed by atoms with Gasteiger partial charge in [0.1, 0.15) is 4.88 Å². The highest BCUT2D eigenvalue weighted by Gasteiger charge is 2.17. The van der Waals surface area contributed by atoms with Gasteiger partial charge in [-0.2, -0.15) is 5.10 Å². The van der Waals surface area contributed by atoms with E-state index < -0.39 is 5.97 Å². The Bertz CT molecular complexity index is 716. The summed E-state index contributed by atoms with van der Waals surface area (Å²) in [5.74, 6) is -0.396. The van der Waals surface area contributed by atoms with Crippen LogP contribution < -0.4 is 5.43 Å². The zero-order chi connectivity index (χ0) is 16.1. The van der Waals surface area contributed by atoms with Crippen LogP contribution in [0.2, 0.25) is 10.0 Å². The summed E-state index contributed by atoms with van der Waals surface area (Å²) in [7, 11) is 1.34. The molecule has 0 aliphatic carbocycles. The number of esters is 1. The Morgan fingerprint density at radius 1 is 1.50 bits per heavy atom. The van der Waals surface area contributed by atoms with Gasteiger partial charge >= 0.3 is 5.97 Å². The van der Waals surface area contributed by atoms with E-state index in [1.165, 1.54) is 18.4 Å². The smallest absolute Gasteiger partial charge is 0.350 e. The molecule has 0 unspecified atom stereocenters. The molecule has 1 heterocycles. The Kier molecular flexibility index (Phi) is 5.76. The number of methoxy groups -OCH3 is 1. The van der Waals surface area contributed by atoms with Crippen LogP contribution >= 0.6 is 34.5 Å². The summed E-state index contributed by atoms with van der Waals surface area (Å²) in [5.41, 5.74) is 4.19. The quantitative estimate of drug-likeness (QED) is 0.493. The van der Waals surface area contributed by atoms with Gasteiger partial charge in [0, 0.05) is 10.6 Å². The van der Waals surface area contributed by atoms with Gasteiger partial charge in [-0.3, -0.25) is 5.43 Å². The maximum Gasteiger partial charge on any atom is 0.350 e. The molecule has 1 aromatic heterocycles. The van der Waals surface area contributed by atoms with Crippen LogP contribution in [0, 0.1) is 0 Å². The summed E-state index contributed by atoms with van der Waals surface area (Å²) in [6.07, 6.45) is 2.19. The Morgan fingerprint density at radius 3 is 2.91 bits per heavy atom. The fraction of sp³-hybridized carbons (Fsp3) is 0.214. The largest absolute Gasteiger partial charge is 0.465 e. The van der Waals surface area contributed by atoms with Gasteiger partial charge in [0.05, 0.1) is 24.0 Å². The normalized spacial score (nSPS) is 10.9. The summed E-state index contributed by atoms with van der Waals surface area (Å²) in [4.78, 5) is 16.4. The number of carbonyl (C=O) groups excluding carboxylic acids is 1. The first-order chi connectivity index (χ1) is 10.5. The lowest BCUT2D eigenvalue weighted by Crippen LogP contribution is -2.01. The van der Waals surface area contributed by atoms with Gasteiger partial charge in [0.15, 0.2) is 0 Å². The Balaban J connectivity index is 2.12. The number of nitrogens with one attached hydrogen (secondary N) is 1. The predicted molar refractivity (Wildman–Crippen MR) is 90.5 cm³/mol. The first-order valence-electron chi connectivity index (χ1n) is 6.37. The van der Waals surface area contributed by atoms with E-state index in [1.807, 2.05) is 6.92 Å². The molecule has 1 N–H and O–H groups in total. The van der Waals surface area contributed by atoms with Crippen molar-refractivity contribution in [1.29, 1.82) is 0 Å². The molecule has 0 saturated heterocycles. The van der Waals surface area contributed by atoms with Gasteiger partial charge < -0.3 is 4.74 Å². The van der Waals surface area contributed by atoms with E-state index in [0.717, 1.165) is 5.56 Å². The SMILES string of the molecule is CCc1nc(N/N=C\c2ccc(Cl)cc2Cl)sc1C(=O)OC. The standard InChI is InChI=1S/C14H13Cl2N3O2S/c1-3-11-12(13(20)21-2)22-14(18-11)19-17-7-8-4-5-9(15)6-10(8)16/h4-7H,3H2,1-2H3,(H,18,19)/b17-7-. The minimum atomic E-state index is -0.396. The van der Waals surface area contributed by atoms with Crippen LogP contribution in [-0.2, 0) is 11.2 Å². The molecule has 0 radical (unpaired) electrons. The van der Waals surface area contributed by atoms with Gasteiger partial charge in [-0.15, -0.1) is 0 Å². The summed E-state index contributed by atoms with van der Waals surface area (Å²) in [6, 6.07) is 5.12. The summed E-state index contributed by atoms with van der Waals surface area (Å²) in [6.45, 7) is 1.92. The van der Waals surface area contributed by atoms with Crippen molar-refractivity contribution in [3.63, 3.8) is 0 Å². The van der Waals surface area contributed by atoms with Gasteiger partial charge in [-0.25, -0.2) is 9.78 Å². The Hall–Kier alpha value is -1.63. The third-order valence-electron chi connectivity index (χ3n) is 2.73. The zero-order valence-corrected chi connectivity index (χ0v) is 14.2. The van der Waals surface area contributed by atoms with Crippen molar-refractivity contribution >= 4 is 51.9 Å². The minimum absolute atomic E-state index is 0.396. The van der Waals surface area contributed by atoms with Crippen molar-refractivity contribution in [3.05, 3.63) is 44.4 Å². The molecule has 116 valence electrons. The van der Waals surface area contributed by atoms with Gasteiger partial charge in [0.25, 0.3) is 0 Å². The number of hydrazone groups is 1. The Labute approximate surface area is 141 Å². The number of anilines is 1. The number of carbonyl (C=O) groups is 1. The first kappa shape index (κ1) is 16.7. The maximum atomic E-state index is 11.6. The van der Waals surface area contributed by atoms with Gasteiger partial charge in [-0.1, -0.05) is 47.5 Å². The fourth-order valence-corrected chi connectivity index (χ4v) is 3.03. The van der Waals surface area contributed by atoms with Gasteiger partial charge in [0.2, 0.25) is 5.13 Å². The van der Waals surface area contributed by atoms with Crippen molar-refractivity contribution in [2.45, 2.75) is 13.3 Å². The van der Waals surface area contributed by atoms with Crippen LogP contribution in [0.5, 0.6) is 0 Å². The second-order valence-electron chi connectivity index (χ2n) is 4.18. The van der Waals surface area contributed by atoms with Crippen LogP contribution in [0.3, 0.4) is 0 Å². The van der Waals surface area contributed by atoms with E-state index in [1.54, 1.807) is 24.4 Å². The number of rotatable bonds is 5. The highest BCUT2D eigenvalue weighted by molar-refractivity contribution is 7.17. The third kappa shape index (κ3) is 3.97. The van der Waals surface area contributed by atoms with E-state index in [4.69, 9.17) is 27.9 Å². The molecule has 2 aromatic rings. The second-order valence-corrected chi connectivity index (χ2v) is 6.02. The molecule has 0 amide bonds.